The van der Waals surface area contributed by atoms with Crippen molar-refractivity contribution < 1.29 is 9.18 Å². The normalized spacial score (nSPS) is 18.3. The van der Waals surface area contributed by atoms with Crippen LogP contribution in [0.3, 0.4) is 0 Å². The van der Waals surface area contributed by atoms with Crippen molar-refractivity contribution in [1.29, 1.82) is 5.26 Å². The second-order valence-corrected chi connectivity index (χ2v) is 9.21. The Balaban J connectivity index is 1.11. The monoisotopic (exact) mass is 489 g/mol. The Bertz CT molecular complexity index is 1100. The first-order valence-electron chi connectivity index (χ1n) is 12.4. The first kappa shape index (κ1) is 25.5. The minimum atomic E-state index is -0.237. The molecule has 0 spiro atoms. The molecule has 2 heterocycles. The maximum absolute atomic E-state index is 12.9. The Morgan fingerprint density at radius 1 is 1.11 bits per heavy atom. The highest BCUT2D eigenvalue weighted by molar-refractivity contribution is 5.92. The summed E-state index contributed by atoms with van der Waals surface area (Å²) in [5, 5.41) is 26.7. The zero-order chi connectivity index (χ0) is 25.2. The number of hydrogen-bond donors (Lipinski definition) is 3. The quantitative estimate of drug-likeness (QED) is 0.441. The molecule has 9 heteroatoms. The van der Waals surface area contributed by atoms with Gasteiger partial charge in [0.2, 0.25) is 0 Å². The van der Waals surface area contributed by atoms with Crippen LogP contribution >= 0.6 is 0 Å². The number of nitrogens with one attached hydrogen (secondary N) is 3. The van der Waals surface area contributed by atoms with Crippen molar-refractivity contribution in [2.75, 3.05) is 38.0 Å². The van der Waals surface area contributed by atoms with E-state index in [4.69, 9.17) is 5.26 Å². The average Bonchev–Trinajstić information content (AvgIpc) is 2.91. The van der Waals surface area contributed by atoms with Crippen LogP contribution < -0.4 is 16.0 Å². The molecule has 1 amide bonds. The fraction of sp³-hybridized carbons (Fsp3) is 0.407. The molecule has 0 bridgehead atoms. The van der Waals surface area contributed by atoms with Gasteiger partial charge in [0.15, 0.2) is 5.69 Å². The molecule has 3 N–H and O–H groups in total. The molecule has 1 fully saturated rings. The first-order valence-corrected chi connectivity index (χ1v) is 12.4. The standard InChI is InChI=1S/C27H32FN7O/c28-23-7-5-21(6-8-23)18-30-13-14-31-26-10-9-25(33-34-26)27(36)32-24-11-15-35(16-12-24)19-22-3-1-20(17-29)2-4-22/h1-3,5-10,22,24,30H,4,11-16,18-19H2,(H,31,34)(H,32,36). The minimum absolute atomic E-state index is 0.132. The summed E-state index contributed by atoms with van der Waals surface area (Å²) < 4.78 is 12.9. The number of rotatable bonds is 10. The van der Waals surface area contributed by atoms with Crippen molar-refractivity contribution in [2.45, 2.75) is 31.8 Å². The van der Waals surface area contributed by atoms with Crippen LogP contribution in [0.5, 0.6) is 0 Å². The van der Waals surface area contributed by atoms with Gasteiger partial charge in [-0.05, 0) is 61.1 Å². The molecule has 0 saturated carbocycles. The summed E-state index contributed by atoms with van der Waals surface area (Å²) >= 11 is 0. The van der Waals surface area contributed by atoms with E-state index in [1.165, 1.54) is 12.1 Å². The van der Waals surface area contributed by atoms with Gasteiger partial charge in [-0.15, -0.1) is 10.2 Å². The molecule has 2 aromatic rings. The highest BCUT2D eigenvalue weighted by Gasteiger charge is 2.23. The maximum atomic E-state index is 12.9. The number of nitrogens with zero attached hydrogens (tertiary/aromatic N) is 4. The fourth-order valence-corrected chi connectivity index (χ4v) is 4.40. The predicted octanol–water partition coefficient (Wildman–Crippen LogP) is 3.04. The van der Waals surface area contributed by atoms with Gasteiger partial charge < -0.3 is 20.9 Å². The molecule has 1 atom stereocenters. The fourth-order valence-electron chi connectivity index (χ4n) is 4.40. The molecule has 1 aliphatic heterocycles. The van der Waals surface area contributed by atoms with Crippen LogP contribution in [0.4, 0.5) is 10.2 Å². The molecular formula is C27H32FN7O. The largest absolute Gasteiger partial charge is 0.367 e. The van der Waals surface area contributed by atoms with Crippen LogP contribution in [0.25, 0.3) is 0 Å². The lowest BCUT2D eigenvalue weighted by Crippen LogP contribution is -2.45. The third-order valence-electron chi connectivity index (χ3n) is 6.48. The lowest BCUT2D eigenvalue weighted by atomic mass is 9.95. The second-order valence-electron chi connectivity index (χ2n) is 9.21. The van der Waals surface area contributed by atoms with E-state index in [9.17, 15) is 9.18 Å². The molecule has 1 saturated heterocycles. The van der Waals surface area contributed by atoms with E-state index in [2.05, 4.69) is 43.2 Å². The number of carbonyl (C=O) groups excluding carboxylic acids is 1. The van der Waals surface area contributed by atoms with Crippen LogP contribution in [0.1, 0.15) is 35.3 Å². The predicted molar refractivity (Wildman–Crippen MR) is 136 cm³/mol. The molecule has 1 aromatic heterocycles. The summed E-state index contributed by atoms with van der Waals surface area (Å²) in [6, 6.07) is 12.2. The molecule has 1 aliphatic carbocycles. The van der Waals surface area contributed by atoms with E-state index in [0.717, 1.165) is 50.0 Å². The van der Waals surface area contributed by atoms with Crippen LogP contribution in [0.2, 0.25) is 0 Å². The number of halogens is 1. The average molecular weight is 490 g/mol. The number of aromatic nitrogens is 2. The van der Waals surface area contributed by atoms with Crippen molar-refractivity contribution >= 4 is 11.7 Å². The van der Waals surface area contributed by atoms with Crippen LogP contribution in [-0.2, 0) is 6.54 Å². The highest BCUT2D eigenvalue weighted by Crippen LogP contribution is 2.20. The molecule has 1 aromatic carbocycles. The molecule has 8 nitrogen and oxygen atoms in total. The summed E-state index contributed by atoms with van der Waals surface area (Å²) in [5.74, 6) is 0.621. The van der Waals surface area contributed by atoms with E-state index >= 15 is 0 Å². The molecular weight excluding hydrogens is 457 g/mol. The van der Waals surface area contributed by atoms with Gasteiger partial charge in [0, 0.05) is 50.9 Å². The number of anilines is 1. The topological polar surface area (TPSA) is 106 Å². The Hall–Kier alpha value is -3.61. The number of nitriles is 1. The molecule has 2 aliphatic rings. The number of carbonyl (C=O) groups is 1. The molecule has 36 heavy (non-hydrogen) atoms. The van der Waals surface area contributed by atoms with E-state index in [1.54, 1.807) is 24.3 Å². The summed E-state index contributed by atoms with van der Waals surface area (Å²) in [4.78, 5) is 15.0. The van der Waals surface area contributed by atoms with Gasteiger partial charge in [-0.3, -0.25) is 4.79 Å². The van der Waals surface area contributed by atoms with E-state index in [-0.39, 0.29) is 17.8 Å². The summed E-state index contributed by atoms with van der Waals surface area (Å²) in [6.45, 7) is 4.86. The summed E-state index contributed by atoms with van der Waals surface area (Å²) in [6.07, 6.45) is 8.77. The Labute approximate surface area is 211 Å². The third-order valence-corrected chi connectivity index (χ3v) is 6.48. The van der Waals surface area contributed by atoms with Crippen molar-refractivity contribution in [2.24, 2.45) is 5.92 Å². The number of piperidine rings is 1. The second kappa shape index (κ2) is 12.9. The Kier molecular flexibility index (Phi) is 9.14. The lowest BCUT2D eigenvalue weighted by Gasteiger charge is -2.34. The zero-order valence-electron chi connectivity index (χ0n) is 20.3. The molecule has 0 radical (unpaired) electrons. The Morgan fingerprint density at radius 3 is 2.58 bits per heavy atom. The highest BCUT2D eigenvalue weighted by atomic mass is 19.1. The van der Waals surface area contributed by atoms with Gasteiger partial charge in [0.05, 0.1) is 6.07 Å². The van der Waals surface area contributed by atoms with Gasteiger partial charge in [0.1, 0.15) is 11.6 Å². The SMILES string of the molecule is N#CC1=CCC(CN2CCC(NC(=O)c3ccc(NCCNCc4ccc(F)cc4)nn3)CC2)C=C1. The van der Waals surface area contributed by atoms with Gasteiger partial charge in [-0.25, -0.2) is 4.39 Å². The molecule has 188 valence electrons. The van der Waals surface area contributed by atoms with E-state index in [1.807, 2.05) is 12.2 Å². The van der Waals surface area contributed by atoms with Crippen molar-refractivity contribution in [3.8, 4) is 6.07 Å². The number of amides is 1. The van der Waals surface area contributed by atoms with Crippen molar-refractivity contribution in [3.05, 3.63) is 77.3 Å². The van der Waals surface area contributed by atoms with Crippen LogP contribution in [0, 0.1) is 23.1 Å². The van der Waals surface area contributed by atoms with Crippen LogP contribution in [-0.4, -0.2) is 59.8 Å². The lowest BCUT2D eigenvalue weighted by molar-refractivity contribution is 0.0902. The minimum Gasteiger partial charge on any atom is -0.367 e. The first-order chi connectivity index (χ1) is 17.6. The Morgan fingerprint density at radius 2 is 1.92 bits per heavy atom. The maximum Gasteiger partial charge on any atom is 0.272 e. The van der Waals surface area contributed by atoms with Gasteiger partial charge in [-0.1, -0.05) is 24.3 Å². The zero-order valence-corrected chi connectivity index (χ0v) is 20.3. The van der Waals surface area contributed by atoms with E-state index in [0.29, 0.717) is 37.1 Å². The molecule has 4 rings (SSSR count). The number of hydrogen-bond acceptors (Lipinski definition) is 7. The summed E-state index contributed by atoms with van der Waals surface area (Å²) in [7, 11) is 0. The van der Waals surface area contributed by atoms with Crippen molar-refractivity contribution in [3.63, 3.8) is 0 Å². The smallest absolute Gasteiger partial charge is 0.272 e. The van der Waals surface area contributed by atoms with Crippen molar-refractivity contribution in [1.82, 2.24) is 25.7 Å². The van der Waals surface area contributed by atoms with Gasteiger partial charge in [0.25, 0.3) is 5.91 Å². The molecule has 1 unspecified atom stereocenters. The van der Waals surface area contributed by atoms with Crippen LogP contribution in [0.15, 0.2) is 60.2 Å². The van der Waals surface area contributed by atoms with Gasteiger partial charge >= 0.3 is 0 Å². The summed E-state index contributed by atoms with van der Waals surface area (Å²) in [5.41, 5.74) is 2.08. The van der Waals surface area contributed by atoms with E-state index < -0.39 is 0 Å². The number of allylic oxidation sites excluding steroid dienone is 3. The van der Waals surface area contributed by atoms with Gasteiger partial charge in [-0.2, -0.15) is 5.26 Å². The number of benzene rings is 1. The number of likely N-dealkylation sites (tertiary alicyclic amines) is 1. The third kappa shape index (κ3) is 7.70.